The Hall–Kier alpha value is -3.35. The van der Waals surface area contributed by atoms with Gasteiger partial charge in [-0.15, -0.1) is 12.4 Å². The smallest absolute Gasteiger partial charge is 0.158 e. The van der Waals surface area contributed by atoms with Crippen molar-refractivity contribution in [2.45, 2.75) is 32.7 Å². The average Bonchev–Trinajstić information content (AvgIpc) is 3.32. The highest BCUT2D eigenvalue weighted by Gasteiger charge is 2.22. The van der Waals surface area contributed by atoms with Crippen LogP contribution in [0.15, 0.2) is 36.7 Å². The average molecular weight is 497 g/mol. The van der Waals surface area contributed by atoms with Crippen LogP contribution in [0, 0.1) is 17.2 Å². The van der Waals surface area contributed by atoms with Crippen molar-refractivity contribution in [3.05, 3.63) is 42.4 Å². The van der Waals surface area contributed by atoms with E-state index in [1.165, 1.54) is 38.3 Å². The lowest BCUT2D eigenvalue weighted by Gasteiger charge is -2.36. The van der Waals surface area contributed by atoms with Crippen LogP contribution in [0.25, 0.3) is 11.3 Å². The third-order valence-corrected chi connectivity index (χ3v) is 6.43. The second-order valence-electron chi connectivity index (χ2n) is 9.03. The van der Waals surface area contributed by atoms with Crippen LogP contribution in [0.5, 0.6) is 5.75 Å². The lowest BCUT2D eigenvalue weighted by Crippen LogP contribution is -2.41. The first kappa shape index (κ1) is 26.3. The zero-order valence-corrected chi connectivity index (χ0v) is 21.5. The van der Waals surface area contributed by atoms with Crippen LogP contribution in [0.1, 0.15) is 32.4 Å². The number of nitrogens with one attached hydrogen (secondary N) is 2. The summed E-state index contributed by atoms with van der Waals surface area (Å²) in [5.41, 5.74) is 3.16. The SMILES string of the molecule is COc1cc(N(C)CC2CCN(C(C)C)CC2)ccc1-c1cc(Nc2cnc(C#N)cn2)n[nH]1.Cl. The monoisotopic (exact) mass is 496 g/mol. The maximum absolute atomic E-state index is 8.85. The minimum atomic E-state index is 0. The van der Waals surface area contributed by atoms with E-state index in [-0.39, 0.29) is 18.1 Å². The van der Waals surface area contributed by atoms with Crippen LogP contribution in [-0.4, -0.2) is 64.9 Å². The largest absolute Gasteiger partial charge is 0.496 e. The Morgan fingerprint density at radius 1 is 1.20 bits per heavy atom. The molecule has 0 atom stereocenters. The predicted octanol–water partition coefficient (Wildman–Crippen LogP) is 4.47. The first-order valence-corrected chi connectivity index (χ1v) is 11.6. The molecule has 0 saturated carbocycles. The van der Waals surface area contributed by atoms with Crippen LogP contribution in [0.4, 0.5) is 17.3 Å². The molecule has 186 valence electrons. The summed E-state index contributed by atoms with van der Waals surface area (Å²) in [5.74, 6) is 2.61. The summed E-state index contributed by atoms with van der Waals surface area (Å²) >= 11 is 0. The second kappa shape index (κ2) is 11.9. The van der Waals surface area contributed by atoms with Gasteiger partial charge >= 0.3 is 0 Å². The number of nitrogens with zero attached hydrogens (tertiary/aromatic N) is 6. The molecule has 0 radical (unpaired) electrons. The van der Waals surface area contributed by atoms with Gasteiger partial charge in [0.2, 0.25) is 0 Å². The van der Waals surface area contributed by atoms with Gasteiger partial charge in [0.05, 0.1) is 25.2 Å². The summed E-state index contributed by atoms with van der Waals surface area (Å²) in [4.78, 5) is 13.1. The molecule has 2 N–H and O–H groups in total. The molecule has 0 spiro atoms. The zero-order chi connectivity index (χ0) is 24.1. The fraction of sp³-hybridized carbons (Fsp3) is 0.440. The minimum absolute atomic E-state index is 0. The minimum Gasteiger partial charge on any atom is -0.496 e. The summed E-state index contributed by atoms with van der Waals surface area (Å²) in [7, 11) is 3.84. The number of hydrogen-bond donors (Lipinski definition) is 2. The standard InChI is InChI=1S/C25H32N8O.ClH/c1-17(2)33-9-7-18(8-10-33)16-32(3)20-5-6-21(23(11-20)34-4)22-12-24(31-30-22)29-25-15-27-19(13-26)14-28-25;/h5-6,11-12,14-15,17-18H,7-10,16H2,1-4H3,(H2,28,29,30,31);1H. The van der Waals surface area contributed by atoms with E-state index < -0.39 is 0 Å². The van der Waals surface area contributed by atoms with E-state index in [0.29, 0.717) is 23.6 Å². The van der Waals surface area contributed by atoms with Crippen LogP contribution in [-0.2, 0) is 0 Å². The summed E-state index contributed by atoms with van der Waals surface area (Å²) < 4.78 is 5.72. The maximum Gasteiger partial charge on any atom is 0.158 e. The third-order valence-electron chi connectivity index (χ3n) is 6.43. The number of rotatable bonds is 8. The second-order valence-corrected chi connectivity index (χ2v) is 9.03. The first-order valence-electron chi connectivity index (χ1n) is 11.6. The van der Waals surface area contributed by atoms with Crippen LogP contribution in [0.2, 0.25) is 0 Å². The highest BCUT2D eigenvalue weighted by Crippen LogP contribution is 2.34. The number of ether oxygens (including phenoxy) is 1. The van der Waals surface area contributed by atoms with Crippen LogP contribution < -0.4 is 15.0 Å². The van der Waals surface area contributed by atoms with E-state index >= 15 is 0 Å². The van der Waals surface area contributed by atoms with Crippen molar-refractivity contribution in [3.8, 4) is 23.1 Å². The fourth-order valence-corrected chi connectivity index (χ4v) is 4.39. The topological polar surface area (TPSA) is 106 Å². The van der Waals surface area contributed by atoms with Gasteiger partial charge in [0.25, 0.3) is 0 Å². The van der Waals surface area contributed by atoms with Crippen molar-refractivity contribution in [1.29, 1.82) is 5.26 Å². The number of aromatic nitrogens is 4. The maximum atomic E-state index is 8.85. The summed E-state index contributed by atoms with van der Waals surface area (Å²) in [6.07, 6.45) is 5.41. The molecule has 1 saturated heterocycles. The van der Waals surface area contributed by atoms with Gasteiger partial charge in [-0.1, -0.05) is 0 Å². The molecular formula is C25H33ClN8O. The molecule has 10 heteroatoms. The molecule has 35 heavy (non-hydrogen) atoms. The van der Waals surface area contributed by atoms with Crippen molar-refractivity contribution in [3.63, 3.8) is 0 Å². The van der Waals surface area contributed by atoms with E-state index in [0.717, 1.165) is 29.2 Å². The number of halogens is 1. The van der Waals surface area contributed by atoms with Gasteiger partial charge in [-0.05, 0) is 57.8 Å². The number of hydrogen-bond acceptors (Lipinski definition) is 8. The Kier molecular flexibility index (Phi) is 8.90. The Morgan fingerprint density at radius 3 is 2.60 bits per heavy atom. The van der Waals surface area contributed by atoms with Crippen molar-refractivity contribution in [1.82, 2.24) is 25.1 Å². The molecular weight excluding hydrogens is 464 g/mol. The molecule has 1 aliphatic heterocycles. The van der Waals surface area contributed by atoms with E-state index in [2.05, 4.69) is 74.4 Å². The molecule has 0 bridgehead atoms. The van der Waals surface area contributed by atoms with Gasteiger partial charge < -0.3 is 19.9 Å². The van der Waals surface area contributed by atoms with Crippen molar-refractivity contribution in [2.75, 3.05) is 44.0 Å². The number of anilines is 3. The van der Waals surface area contributed by atoms with Gasteiger partial charge in [0.1, 0.15) is 17.6 Å². The number of methoxy groups -OCH3 is 1. The summed E-state index contributed by atoms with van der Waals surface area (Å²) in [6, 6.07) is 10.7. The van der Waals surface area contributed by atoms with Crippen molar-refractivity contribution >= 4 is 29.7 Å². The van der Waals surface area contributed by atoms with E-state index in [9.17, 15) is 0 Å². The van der Waals surface area contributed by atoms with E-state index in [1.807, 2.05) is 12.1 Å². The van der Waals surface area contributed by atoms with Gasteiger partial charge in [-0.25, -0.2) is 9.97 Å². The molecule has 1 fully saturated rings. The lowest BCUT2D eigenvalue weighted by molar-refractivity contribution is 0.151. The third kappa shape index (κ3) is 6.41. The van der Waals surface area contributed by atoms with Crippen molar-refractivity contribution < 1.29 is 4.74 Å². The molecule has 0 unspecified atom stereocenters. The van der Waals surface area contributed by atoms with Crippen molar-refractivity contribution in [2.24, 2.45) is 5.92 Å². The van der Waals surface area contributed by atoms with Gasteiger partial charge in [0, 0.05) is 43.0 Å². The van der Waals surface area contributed by atoms with Gasteiger partial charge in [0.15, 0.2) is 11.5 Å². The molecule has 3 aromatic rings. The molecule has 2 aromatic heterocycles. The number of nitriles is 1. The number of benzene rings is 1. The predicted molar refractivity (Wildman–Crippen MR) is 141 cm³/mol. The Labute approximate surface area is 212 Å². The highest BCUT2D eigenvalue weighted by molar-refractivity contribution is 5.85. The van der Waals surface area contributed by atoms with E-state index in [1.54, 1.807) is 7.11 Å². The normalized spacial score (nSPS) is 14.3. The quantitative estimate of drug-likeness (QED) is 0.470. The number of H-pyrrole nitrogens is 1. The molecule has 4 rings (SSSR count). The molecule has 1 aliphatic rings. The summed E-state index contributed by atoms with van der Waals surface area (Å²) in [5, 5.41) is 19.3. The van der Waals surface area contributed by atoms with Crippen LogP contribution >= 0.6 is 12.4 Å². The number of piperidine rings is 1. The first-order chi connectivity index (χ1) is 16.5. The summed E-state index contributed by atoms with van der Waals surface area (Å²) in [6.45, 7) is 7.96. The molecule has 0 aliphatic carbocycles. The van der Waals surface area contributed by atoms with E-state index in [4.69, 9.17) is 10.00 Å². The Bertz CT molecular complexity index is 1130. The van der Waals surface area contributed by atoms with Crippen LogP contribution in [0.3, 0.4) is 0 Å². The molecule has 3 heterocycles. The molecule has 9 nitrogen and oxygen atoms in total. The highest BCUT2D eigenvalue weighted by atomic mass is 35.5. The zero-order valence-electron chi connectivity index (χ0n) is 20.7. The molecule has 1 aromatic carbocycles. The fourth-order valence-electron chi connectivity index (χ4n) is 4.39. The van der Waals surface area contributed by atoms with Gasteiger partial charge in [-0.2, -0.15) is 10.4 Å². The Morgan fingerprint density at radius 2 is 1.97 bits per heavy atom. The molecule has 0 amide bonds. The number of likely N-dealkylation sites (tertiary alicyclic amines) is 1. The number of aromatic amines is 1. The lowest BCUT2D eigenvalue weighted by atomic mass is 9.95. The van der Waals surface area contributed by atoms with Gasteiger partial charge in [-0.3, -0.25) is 5.10 Å². The Balaban J connectivity index is 0.00000342.